The second kappa shape index (κ2) is 1.84. The Balaban J connectivity index is 2.29. The highest BCUT2D eigenvalue weighted by atomic mass is 16.6. The smallest absolute Gasteiger partial charge is 0.168 e. The van der Waals surface area contributed by atoms with Crippen LogP contribution in [0.4, 0.5) is 0 Å². The lowest BCUT2D eigenvalue weighted by molar-refractivity contribution is -0.140. The van der Waals surface area contributed by atoms with Gasteiger partial charge in [0, 0.05) is 5.41 Å². The molecular formula is C13H18O2. The monoisotopic (exact) mass is 206 g/mol. The number of allylic oxidation sites excluding steroid dienone is 1. The molecule has 2 fully saturated rings. The molecule has 0 aromatic carbocycles. The van der Waals surface area contributed by atoms with E-state index < -0.39 is 0 Å². The molecule has 0 bridgehead atoms. The number of ketones is 1. The molecule has 0 aromatic rings. The maximum absolute atomic E-state index is 12.4. The van der Waals surface area contributed by atoms with Crippen LogP contribution in [0, 0.1) is 10.8 Å². The summed E-state index contributed by atoms with van der Waals surface area (Å²) in [6.45, 7) is 12.5. The number of rotatable bonds is 0. The summed E-state index contributed by atoms with van der Waals surface area (Å²) in [7, 11) is 0. The van der Waals surface area contributed by atoms with Gasteiger partial charge in [-0.25, -0.2) is 0 Å². The van der Waals surface area contributed by atoms with Crippen LogP contribution in [0.3, 0.4) is 0 Å². The summed E-state index contributed by atoms with van der Waals surface area (Å²) in [5, 5.41) is 0. The van der Waals surface area contributed by atoms with Crippen molar-refractivity contribution in [1.82, 2.24) is 0 Å². The zero-order valence-electron chi connectivity index (χ0n) is 10.3. The Bertz CT molecular complexity index is 449. The molecule has 1 heterocycles. The largest absolute Gasteiger partial charge is 0.361 e. The van der Waals surface area contributed by atoms with Crippen molar-refractivity contribution < 1.29 is 9.53 Å². The van der Waals surface area contributed by atoms with Gasteiger partial charge in [0.15, 0.2) is 5.78 Å². The van der Waals surface area contributed by atoms with E-state index in [-0.39, 0.29) is 22.0 Å². The molecule has 3 aliphatic rings. The number of carbonyl (C=O) groups excluding carboxylic acids is 1. The molecule has 2 aliphatic carbocycles. The predicted octanol–water partition coefficient (Wildman–Crippen LogP) is 2.48. The molecule has 15 heavy (non-hydrogen) atoms. The normalized spacial score (nSPS) is 61.3. The van der Waals surface area contributed by atoms with Crippen molar-refractivity contribution in [2.24, 2.45) is 10.8 Å². The number of hydrogen-bond acceptors (Lipinski definition) is 2. The quantitative estimate of drug-likeness (QED) is 0.570. The first-order valence-electron chi connectivity index (χ1n) is 5.61. The molecule has 0 unspecified atom stereocenters. The molecular weight excluding hydrogens is 188 g/mol. The molecule has 0 N–H and O–H groups in total. The lowest BCUT2D eigenvalue weighted by Crippen LogP contribution is -2.68. The first-order valence-corrected chi connectivity index (χ1v) is 5.61. The van der Waals surface area contributed by atoms with Gasteiger partial charge in [-0.15, -0.1) is 0 Å². The van der Waals surface area contributed by atoms with Gasteiger partial charge in [-0.3, -0.25) is 4.79 Å². The van der Waals surface area contributed by atoms with E-state index in [0.29, 0.717) is 5.78 Å². The standard InChI is InChI=1S/C13H18O2/c1-7-8(2)10(3)11(4,9(7)14)13(6)12(10,5)15-13/h1-6H3/t10-,11+,12-,13-/m0/s1. The number of epoxide rings is 1. The molecule has 4 atom stereocenters. The summed E-state index contributed by atoms with van der Waals surface area (Å²) in [5.74, 6) is 0.292. The molecule has 2 heteroatoms. The van der Waals surface area contributed by atoms with E-state index in [1.807, 2.05) is 6.92 Å². The third-order valence-corrected chi connectivity index (χ3v) is 6.29. The summed E-state index contributed by atoms with van der Waals surface area (Å²) < 4.78 is 5.91. The Morgan fingerprint density at radius 1 is 0.933 bits per heavy atom. The van der Waals surface area contributed by atoms with Gasteiger partial charge in [-0.05, 0) is 40.2 Å². The van der Waals surface area contributed by atoms with Crippen LogP contribution in [0.15, 0.2) is 11.1 Å². The van der Waals surface area contributed by atoms with Gasteiger partial charge in [-0.1, -0.05) is 12.5 Å². The zero-order valence-corrected chi connectivity index (χ0v) is 10.3. The maximum atomic E-state index is 12.4. The average molecular weight is 206 g/mol. The van der Waals surface area contributed by atoms with Gasteiger partial charge in [-0.2, -0.15) is 0 Å². The van der Waals surface area contributed by atoms with Crippen molar-refractivity contribution >= 4 is 5.78 Å². The van der Waals surface area contributed by atoms with Gasteiger partial charge in [0.1, 0.15) is 11.2 Å². The highest BCUT2D eigenvalue weighted by Gasteiger charge is 2.96. The van der Waals surface area contributed by atoms with Crippen LogP contribution < -0.4 is 0 Å². The molecule has 0 amide bonds. The summed E-state index contributed by atoms with van der Waals surface area (Å²) in [6.07, 6.45) is 0. The highest BCUT2D eigenvalue weighted by Crippen LogP contribution is 2.86. The summed E-state index contributed by atoms with van der Waals surface area (Å²) in [5.41, 5.74) is 1.42. The lowest BCUT2D eigenvalue weighted by atomic mass is 9.40. The second-order valence-corrected chi connectivity index (χ2v) is 6.00. The predicted molar refractivity (Wildman–Crippen MR) is 57.5 cm³/mol. The third kappa shape index (κ3) is 0.490. The minimum absolute atomic E-state index is 0.0874. The van der Waals surface area contributed by atoms with Gasteiger partial charge in [0.05, 0.1) is 5.41 Å². The van der Waals surface area contributed by atoms with Gasteiger partial charge in [0.25, 0.3) is 0 Å². The third-order valence-electron chi connectivity index (χ3n) is 6.29. The van der Waals surface area contributed by atoms with Crippen molar-refractivity contribution in [3.05, 3.63) is 11.1 Å². The fourth-order valence-corrected chi connectivity index (χ4v) is 4.53. The zero-order chi connectivity index (χ0) is 11.4. The number of Topliss-reactive ketones (excluding diaryl/α,β-unsaturated/α-hetero) is 1. The molecule has 3 rings (SSSR count). The van der Waals surface area contributed by atoms with Gasteiger partial charge in [0.2, 0.25) is 0 Å². The van der Waals surface area contributed by atoms with Crippen LogP contribution in [0.5, 0.6) is 0 Å². The van der Waals surface area contributed by atoms with E-state index in [1.54, 1.807) is 0 Å². The molecule has 1 saturated carbocycles. The lowest BCUT2D eigenvalue weighted by Gasteiger charge is -2.56. The Morgan fingerprint density at radius 3 is 1.87 bits per heavy atom. The summed E-state index contributed by atoms with van der Waals surface area (Å²) in [4.78, 5) is 12.4. The number of fused-ring (bicyclic) bond motifs is 4. The van der Waals surface area contributed by atoms with Crippen LogP contribution in [-0.4, -0.2) is 17.0 Å². The van der Waals surface area contributed by atoms with Crippen LogP contribution in [0.2, 0.25) is 0 Å². The van der Waals surface area contributed by atoms with E-state index in [2.05, 4.69) is 34.6 Å². The van der Waals surface area contributed by atoms with Crippen LogP contribution in [0.1, 0.15) is 41.5 Å². The topological polar surface area (TPSA) is 29.6 Å². The molecule has 0 spiro atoms. The van der Waals surface area contributed by atoms with Crippen molar-refractivity contribution in [2.75, 3.05) is 0 Å². The molecule has 1 saturated heterocycles. The SMILES string of the molecule is CC1=C(C)[C@]2(C)[C@]3(C)O[C@@]3(C)[C@]2(C)C1=O. The van der Waals surface area contributed by atoms with Crippen molar-refractivity contribution in [3.8, 4) is 0 Å². The Morgan fingerprint density at radius 2 is 1.40 bits per heavy atom. The Hall–Kier alpha value is -0.630. The molecule has 82 valence electrons. The van der Waals surface area contributed by atoms with Gasteiger partial charge >= 0.3 is 0 Å². The molecule has 0 aromatic heterocycles. The minimum Gasteiger partial charge on any atom is -0.361 e. The van der Waals surface area contributed by atoms with Gasteiger partial charge < -0.3 is 4.74 Å². The van der Waals surface area contributed by atoms with E-state index in [9.17, 15) is 4.79 Å². The van der Waals surface area contributed by atoms with Crippen LogP contribution >= 0.6 is 0 Å². The summed E-state index contributed by atoms with van der Waals surface area (Å²) in [6, 6.07) is 0. The fraction of sp³-hybridized carbons (Fsp3) is 0.769. The van der Waals surface area contributed by atoms with Crippen molar-refractivity contribution in [3.63, 3.8) is 0 Å². The van der Waals surface area contributed by atoms with E-state index in [1.165, 1.54) is 5.57 Å². The molecule has 2 nitrogen and oxygen atoms in total. The van der Waals surface area contributed by atoms with Crippen LogP contribution in [0.25, 0.3) is 0 Å². The number of hydrogen-bond donors (Lipinski definition) is 0. The molecule has 1 aliphatic heterocycles. The first-order chi connectivity index (χ1) is 6.68. The second-order valence-electron chi connectivity index (χ2n) is 6.00. The fourth-order valence-electron chi connectivity index (χ4n) is 4.53. The number of carbonyl (C=O) groups is 1. The highest BCUT2D eigenvalue weighted by molar-refractivity contribution is 6.08. The van der Waals surface area contributed by atoms with E-state index in [4.69, 9.17) is 4.74 Å². The van der Waals surface area contributed by atoms with E-state index >= 15 is 0 Å². The van der Waals surface area contributed by atoms with E-state index in [0.717, 1.165) is 5.57 Å². The first kappa shape index (κ1) is 9.59. The number of ether oxygens (including phenoxy) is 1. The Kier molecular flexibility index (Phi) is 1.17. The average Bonchev–Trinajstić information content (AvgIpc) is 2.71. The van der Waals surface area contributed by atoms with Crippen molar-refractivity contribution in [1.29, 1.82) is 0 Å². The minimum atomic E-state index is -0.330. The maximum Gasteiger partial charge on any atom is 0.168 e. The van der Waals surface area contributed by atoms with Crippen LogP contribution in [-0.2, 0) is 9.53 Å². The summed E-state index contributed by atoms with van der Waals surface area (Å²) >= 11 is 0. The van der Waals surface area contributed by atoms with Crippen molar-refractivity contribution in [2.45, 2.75) is 52.7 Å². The Labute approximate surface area is 90.7 Å². The molecule has 0 radical (unpaired) electrons.